The summed E-state index contributed by atoms with van der Waals surface area (Å²) in [5, 5.41) is 12.4. The van der Waals surface area contributed by atoms with Gasteiger partial charge >= 0.3 is 0 Å². The van der Waals surface area contributed by atoms with Crippen LogP contribution in [0.5, 0.6) is 5.75 Å². The Labute approximate surface area is 165 Å². The molecule has 0 aliphatic carbocycles. The van der Waals surface area contributed by atoms with Crippen LogP contribution in [0.1, 0.15) is 42.5 Å². The first-order valence-corrected chi connectivity index (χ1v) is 9.81. The van der Waals surface area contributed by atoms with Gasteiger partial charge in [-0.15, -0.1) is 0 Å². The lowest BCUT2D eigenvalue weighted by molar-refractivity contribution is -0.134. The number of nitrogens with zero attached hydrogens (tertiary/aromatic N) is 2. The smallest absolute Gasteiger partial charge is 0.253 e. The fraction of sp³-hybridized carbons (Fsp3) is 0.476. The zero-order valence-corrected chi connectivity index (χ0v) is 16.0. The number of rotatable bonds is 5. The van der Waals surface area contributed by atoms with Gasteiger partial charge in [0.15, 0.2) is 0 Å². The van der Waals surface area contributed by atoms with Crippen LogP contribution in [0.15, 0.2) is 30.9 Å². The minimum Gasteiger partial charge on any atom is -0.506 e. The number of phenols is 1. The highest BCUT2D eigenvalue weighted by Crippen LogP contribution is 2.27. The zero-order valence-electron chi connectivity index (χ0n) is 16.0. The summed E-state index contributed by atoms with van der Waals surface area (Å²) in [7, 11) is 0. The molecule has 2 fully saturated rings. The third kappa shape index (κ3) is 4.71. The average Bonchev–Trinajstić information content (AvgIpc) is 2.71. The van der Waals surface area contributed by atoms with Crippen molar-refractivity contribution >= 4 is 23.4 Å². The molecule has 0 bridgehead atoms. The van der Waals surface area contributed by atoms with Gasteiger partial charge < -0.3 is 20.2 Å². The first kappa shape index (κ1) is 19.9. The van der Waals surface area contributed by atoms with Crippen molar-refractivity contribution in [2.45, 2.75) is 32.1 Å². The molecule has 7 heteroatoms. The molecule has 7 nitrogen and oxygen atoms in total. The van der Waals surface area contributed by atoms with E-state index in [1.807, 2.05) is 4.90 Å². The number of hydrogen-bond donors (Lipinski definition) is 2. The first-order chi connectivity index (χ1) is 13.5. The molecule has 2 aliphatic heterocycles. The van der Waals surface area contributed by atoms with Gasteiger partial charge in [0.2, 0.25) is 11.8 Å². The van der Waals surface area contributed by atoms with E-state index in [0.29, 0.717) is 31.0 Å². The number of hydrogen-bond acceptors (Lipinski definition) is 4. The van der Waals surface area contributed by atoms with E-state index >= 15 is 0 Å². The molecule has 3 rings (SSSR count). The monoisotopic (exact) mass is 385 g/mol. The van der Waals surface area contributed by atoms with Crippen molar-refractivity contribution in [1.82, 2.24) is 9.80 Å². The number of carbonyl (C=O) groups is 3. The Bertz CT molecular complexity index is 769. The second kappa shape index (κ2) is 8.91. The molecule has 3 amide bonds. The van der Waals surface area contributed by atoms with Gasteiger partial charge in [0, 0.05) is 38.2 Å². The molecule has 0 atom stereocenters. The van der Waals surface area contributed by atoms with E-state index in [0.717, 1.165) is 44.8 Å². The second-order valence-corrected chi connectivity index (χ2v) is 7.46. The van der Waals surface area contributed by atoms with Gasteiger partial charge in [-0.25, -0.2) is 0 Å². The molecule has 1 aromatic rings. The molecule has 150 valence electrons. The number of nitrogens with one attached hydrogen (secondary N) is 1. The Kier molecular flexibility index (Phi) is 6.34. The lowest BCUT2D eigenvalue weighted by atomic mass is 9.94. The average molecular weight is 385 g/mol. The zero-order chi connectivity index (χ0) is 20.1. The highest BCUT2D eigenvalue weighted by atomic mass is 16.3. The van der Waals surface area contributed by atoms with Crippen molar-refractivity contribution in [1.29, 1.82) is 0 Å². The molecular formula is C21H27N3O4. The summed E-state index contributed by atoms with van der Waals surface area (Å²) in [5.74, 6) is 0.00235. The molecular weight excluding hydrogens is 358 g/mol. The molecule has 2 aliphatic rings. The summed E-state index contributed by atoms with van der Waals surface area (Å²) in [5.41, 5.74) is 0.607. The van der Waals surface area contributed by atoms with E-state index in [4.69, 9.17) is 0 Å². The lowest BCUT2D eigenvalue weighted by Gasteiger charge is -2.36. The number of likely N-dealkylation sites (tertiary alicyclic amines) is 2. The largest absolute Gasteiger partial charge is 0.506 e. The van der Waals surface area contributed by atoms with Crippen LogP contribution >= 0.6 is 0 Å². The maximum absolute atomic E-state index is 12.8. The summed E-state index contributed by atoms with van der Waals surface area (Å²) in [6, 6.07) is 4.44. The van der Waals surface area contributed by atoms with Crippen molar-refractivity contribution in [3.05, 3.63) is 36.4 Å². The normalized spacial score (nSPS) is 18.1. The maximum atomic E-state index is 12.8. The lowest BCUT2D eigenvalue weighted by Crippen LogP contribution is -2.44. The van der Waals surface area contributed by atoms with Gasteiger partial charge in [0.05, 0.1) is 5.69 Å². The minimum atomic E-state index is -0.451. The molecule has 2 heterocycles. The number of benzene rings is 1. The van der Waals surface area contributed by atoms with Crippen LogP contribution in [0.4, 0.5) is 5.69 Å². The third-order valence-electron chi connectivity index (χ3n) is 5.49. The highest BCUT2D eigenvalue weighted by Gasteiger charge is 2.27. The van der Waals surface area contributed by atoms with Crippen molar-refractivity contribution in [3.8, 4) is 5.75 Å². The quantitative estimate of drug-likeness (QED) is 0.602. The third-order valence-corrected chi connectivity index (χ3v) is 5.49. The molecule has 0 spiro atoms. The van der Waals surface area contributed by atoms with E-state index in [1.54, 1.807) is 11.0 Å². The van der Waals surface area contributed by atoms with E-state index in [1.165, 1.54) is 12.1 Å². The molecule has 0 unspecified atom stereocenters. The van der Waals surface area contributed by atoms with Crippen molar-refractivity contribution in [2.75, 3.05) is 31.5 Å². The van der Waals surface area contributed by atoms with Crippen LogP contribution in [0, 0.1) is 5.92 Å². The summed E-state index contributed by atoms with van der Waals surface area (Å²) >= 11 is 0. The fourth-order valence-electron chi connectivity index (χ4n) is 3.82. The van der Waals surface area contributed by atoms with Crippen LogP contribution in [-0.4, -0.2) is 58.8 Å². The van der Waals surface area contributed by atoms with Crippen LogP contribution in [0.25, 0.3) is 0 Å². The van der Waals surface area contributed by atoms with Crippen LogP contribution in [-0.2, 0) is 9.59 Å². The number of anilines is 1. The van der Waals surface area contributed by atoms with Crippen LogP contribution in [0.3, 0.4) is 0 Å². The maximum Gasteiger partial charge on any atom is 0.253 e. The molecule has 2 N–H and O–H groups in total. The van der Waals surface area contributed by atoms with Crippen molar-refractivity contribution in [3.63, 3.8) is 0 Å². The predicted molar refractivity (Wildman–Crippen MR) is 106 cm³/mol. The van der Waals surface area contributed by atoms with Crippen molar-refractivity contribution < 1.29 is 19.5 Å². The van der Waals surface area contributed by atoms with Gasteiger partial charge in [-0.2, -0.15) is 0 Å². The molecule has 0 radical (unpaired) electrons. The number of aromatic hydroxyl groups is 1. The summed E-state index contributed by atoms with van der Waals surface area (Å²) < 4.78 is 0. The molecule has 2 saturated heterocycles. The SMILES string of the molecule is C=CC(=O)Nc1cc(C(=O)N2CCC(CN3CCCCC3=O)CC2)ccc1O. The topological polar surface area (TPSA) is 90.0 Å². The van der Waals surface area contributed by atoms with Gasteiger partial charge in [-0.1, -0.05) is 6.58 Å². The Balaban J connectivity index is 1.57. The predicted octanol–water partition coefficient (Wildman–Crippen LogP) is 2.38. The number of piperidine rings is 2. The van der Waals surface area contributed by atoms with Gasteiger partial charge in [-0.05, 0) is 55.9 Å². The minimum absolute atomic E-state index is 0.100. The van der Waals surface area contributed by atoms with Gasteiger partial charge in [-0.3, -0.25) is 14.4 Å². The van der Waals surface area contributed by atoms with Gasteiger partial charge in [0.1, 0.15) is 5.75 Å². The standard InChI is InChI=1S/C21H27N3O4/c1-2-19(26)22-17-13-16(6-7-18(17)25)21(28)23-11-8-15(9-12-23)14-24-10-4-3-5-20(24)27/h2,6-7,13,15,25H,1,3-5,8-12,14H2,(H,22,26). The Hall–Kier alpha value is -2.83. The number of amides is 3. The Morgan fingerprint density at radius 3 is 2.64 bits per heavy atom. The van der Waals surface area contributed by atoms with E-state index in [9.17, 15) is 19.5 Å². The molecule has 1 aromatic carbocycles. The van der Waals surface area contributed by atoms with E-state index in [-0.39, 0.29) is 23.3 Å². The van der Waals surface area contributed by atoms with Crippen LogP contribution < -0.4 is 5.32 Å². The molecule has 0 saturated carbocycles. The van der Waals surface area contributed by atoms with Crippen LogP contribution in [0.2, 0.25) is 0 Å². The van der Waals surface area contributed by atoms with Gasteiger partial charge in [0.25, 0.3) is 5.91 Å². The summed E-state index contributed by atoms with van der Waals surface area (Å²) in [4.78, 5) is 40.0. The first-order valence-electron chi connectivity index (χ1n) is 9.81. The second-order valence-electron chi connectivity index (χ2n) is 7.46. The van der Waals surface area contributed by atoms with E-state index in [2.05, 4.69) is 11.9 Å². The number of carbonyl (C=O) groups excluding carboxylic acids is 3. The highest BCUT2D eigenvalue weighted by molar-refractivity contribution is 6.02. The van der Waals surface area contributed by atoms with Crippen molar-refractivity contribution in [2.24, 2.45) is 5.92 Å². The molecule has 28 heavy (non-hydrogen) atoms. The number of phenolic OH excluding ortho intramolecular Hbond substituents is 1. The van der Waals surface area contributed by atoms with E-state index < -0.39 is 5.91 Å². The Morgan fingerprint density at radius 2 is 1.96 bits per heavy atom. The molecule has 0 aromatic heterocycles. The summed E-state index contributed by atoms with van der Waals surface area (Å²) in [6.45, 7) is 6.30. The summed E-state index contributed by atoms with van der Waals surface area (Å²) in [6.07, 6.45) is 5.56. The Morgan fingerprint density at radius 1 is 1.21 bits per heavy atom. The fourth-order valence-corrected chi connectivity index (χ4v) is 3.82.